The van der Waals surface area contributed by atoms with Crippen LogP contribution in [0.15, 0.2) is 6.07 Å². The zero-order chi connectivity index (χ0) is 14.7. The van der Waals surface area contributed by atoms with Crippen LogP contribution in [0.4, 0.5) is 0 Å². The number of nitrogens with one attached hydrogen (secondary N) is 1. The van der Waals surface area contributed by atoms with E-state index in [9.17, 15) is 4.79 Å². The molecule has 2 unspecified atom stereocenters. The molecule has 0 radical (unpaired) electrons. The summed E-state index contributed by atoms with van der Waals surface area (Å²) in [6.45, 7) is 5.34. The molecular weight excluding hydrogens is 270 g/mol. The molecule has 1 amide bonds. The molecule has 0 aliphatic heterocycles. The molecular formula is C15H25N3OS. The van der Waals surface area contributed by atoms with Crippen LogP contribution < -0.4 is 11.3 Å². The summed E-state index contributed by atoms with van der Waals surface area (Å²) in [6.07, 6.45) is 5.32. The summed E-state index contributed by atoms with van der Waals surface area (Å²) in [4.78, 5) is 15.9. The Bertz CT molecular complexity index is 472. The van der Waals surface area contributed by atoms with Crippen LogP contribution >= 0.6 is 11.3 Å². The zero-order valence-corrected chi connectivity index (χ0v) is 13.4. The fourth-order valence-electron chi connectivity index (χ4n) is 3.20. The topological polar surface area (TPSA) is 58.4 Å². The van der Waals surface area contributed by atoms with Crippen molar-refractivity contribution in [1.29, 1.82) is 0 Å². The maximum atomic E-state index is 11.6. The molecule has 3 N–H and O–H groups in total. The molecule has 5 heteroatoms. The van der Waals surface area contributed by atoms with Gasteiger partial charge in [-0.05, 0) is 44.4 Å². The third-order valence-corrected chi connectivity index (χ3v) is 5.52. The number of thiophene rings is 1. The molecule has 112 valence electrons. The van der Waals surface area contributed by atoms with Crippen LogP contribution in [-0.2, 0) is 6.54 Å². The lowest BCUT2D eigenvalue weighted by Crippen LogP contribution is -2.38. The van der Waals surface area contributed by atoms with Crippen LogP contribution in [0.2, 0.25) is 0 Å². The van der Waals surface area contributed by atoms with E-state index in [-0.39, 0.29) is 5.91 Å². The van der Waals surface area contributed by atoms with Gasteiger partial charge in [0.25, 0.3) is 5.91 Å². The highest BCUT2D eigenvalue weighted by Gasteiger charge is 2.25. The van der Waals surface area contributed by atoms with Gasteiger partial charge in [0.15, 0.2) is 0 Å². The van der Waals surface area contributed by atoms with Gasteiger partial charge in [-0.3, -0.25) is 15.1 Å². The molecule has 0 aromatic carbocycles. The number of carbonyl (C=O) groups is 1. The summed E-state index contributed by atoms with van der Waals surface area (Å²) < 4.78 is 0. The lowest BCUT2D eigenvalue weighted by molar-refractivity contribution is 0.0957. The normalized spacial score (nSPS) is 23.1. The molecule has 1 heterocycles. The number of hydrogen-bond donors (Lipinski definition) is 2. The summed E-state index contributed by atoms with van der Waals surface area (Å²) in [6, 6.07) is 2.64. The third-order valence-electron chi connectivity index (χ3n) is 4.43. The van der Waals surface area contributed by atoms with Crippen molar-refractivity contribution in [3.63, 3.8) is 0 Å². The highest BCUT2D eigenvalue weighted by atomic mass is 32.1. The van der Waals surface area contributed by atoms with Gasteiger partial charge >= 0.3 is 0 Å². The standard InChI is InChI=1S/C15H25N3OS/c1-10-6-4-5-7-13(10)18(3)9-12-8-14(15(19)17-16)20-11(12)2/h8,10,13H,4-7,9,16H2,1-3H3,(H,17,19). The number of amides is 1. The molecule has 0 saturated heterocycles. The quantitative estimate of drug-likeness (QED) is 0.510. The second kappa shape index (κ2) is 6.70. The van der Waals surface area contributed by atoms with E-state index in [0.717, 1.165) is 12.5 Å². The largest absolute Gasteiger partial charge is 0.299 e. The second-order valence-electron chi connectivity index (χ2n) is 5.91. The second-order valence-corrected chi connectivity index (χ2v) is 7.17. The van der Waals surface area contributed by atoms with Crippen molar-refractivity contribution >= 4 is 17.2 Å². The Balaban J connectivity index is 2.05. The van der Waals surface area contributed by atoms with Gasteiger partial charge < -0.3 is 0 Å². The highest BCUT2D eigenvalue weighted by molar-refractivity contribution is 7.14. The number of aryl methyl sites for hydroxylation is 1. The van der Waals surface area contributed by atoms with Crippen LogP contribution in [0.5, 0.6) is 0 Å². The number of nitrogens with zero attached hydrogens (tertiary/aromatic N) is 1. The van der Waals surface area contributed by atoms with E-state index in [0.29, 0.717) is 10.9 Å². The van der Waals surface area contributed by atoms with Crippen molar-refractivity contribution in [2.45, 2.75) is 52.1 Å². The van der Waals surface area contributed by atoms with Crippen molar-refractivity contribution in [3.8, 4) is 0 Å². The summed E-state index contributed by atoms with van der Waals surface area (Å²) in [5, 5.41) is 0. The maximum Gasteiger partial charge on any atom is 0.275 e. The van der Waals surface area contributed by atoms with E-state index >= 15 is 0 Å². The Morgan fingerprint density at radius 1 is 1.50 bits per heavy atom. The average molecular weight is 295 g/mol. The molecule has 2 atom stereocenters. The van der Waals surface area contributed by atoms with Crippen molar-refractivity contribution < 1.29 is 4.79 Å². The van der Waals surface area contributed by atoms with Gasteiger partial charge in [0.05, 0.1) is 4.88 Å². The van der Waals surface area contributed by atoms with E-state index < -0.39 is 0 Å². The van der Waals surface area contributed by atoms with Crippen LogP contribution in [-0.4, -0.2) is 23.9 Å². The Hall–Kier alpha value is -0.910. The van der Waals surface area contributed by atoms with Gasteiger partial charge in [-0.1, -0.05) is 19.8 Å². The lowest BCUT2D eigenvalue weighted by Gasteiger charge is -2.36. The number of nitrogens with two attached hydrogens (primary N) is 1. The average Bonchev–Trinajstić information content (AvgIpc) is 2.79. The van der Waals surface area contributed by atoms with Crippen LogP contribution in [0.3, 0.4) is 0 Å². The SMILES string of the molecule is Cc1sc(C(=O)NN)cc1CN(C)C1CCCCC1C. The van der Waals surface area contributed by atoms with E-state index in [4.69, 9.17) is 5.84 Å². The Morgan fingerprint density at radius 3 is 2.85 bits per heavy atom. The number of hydrogen-bond acceptors (Lipinski definition) is 4. The lowest BCUT2D eigenvalue weighted by atomic mass is 9.85. The van der Waals surface area contributed by atoms with Crippen molar-refractivity contribution in [3.05, 3.63) is 21.4 Å². The molecule has 1 aromatic rings. The molecule has 1 aromatic heterocycles. The first kappa shape index (κ1) is 15.5. The molecule has 2 rings (SSSR count). The Labute approximate surface area is 125 Å². The first-order chi connectivity index (χ1) is 9.52. The number of nitrogen functional groups attached to an aromatic ring is 1. The van der Waals surface area contributed by atoms with E-state index in [2.05, 4.69) is 31.2 Å². The molecule has 1 aliphatic carbocycles. The highest BCUT2D eigenvalue weighted by Crippen LogP contribution is 2.30. The maximum absolute atomic E-state index is 11.6. The van der Waals surface area contributed by atoms with Gasteiger partial charge in [0, 0.05) is 17.5 Å². The molecule has 1 fully saturated rings. The van der Waals surface area contributed by atoms with Crippen LogP contribution in [0, 0.1) is 12.8 Å². The number of rotatable bonds is 4. The zero-order valence-electron chi connectivity index (χ0n) is 12.6. The summed E-state index contributed by atoms with van der Waals surface area (Å²) in [5.41, 5.74) is 3.45. The Kier molecular flexibility index (Phi) is 5.18. The van der Waals surface area contributed by atoms with Gasteiger partial charge in [-0.25, -0.2) is 5.84 Å². The van der Waals surface area contributed by atoms with Crippen molar-refractivity contribution in [2.75, 3.05) is 7.05 Å². The smallest absolute Gasteiger partial charge is 0.275 e. The first-order valence-electron chi connectivity index (χ1n) is 7.33. The predicted molar refractivity (Wildman–Crippen MR) is 83.6 cm³/mol. The molecule has 0 spiro atoms. The number of carbonyl (C=O) groups excluding carboxylic acids is 1. The Morgan fingerprint density at radius 2 is 2.20 bits per heavy atom. The fraction of sp³-hybridized carbons (Fsp3) is 0.667. The molecule has 4 nitrogen and oxygen atoms in total. The van der Waals surface area contributed by atoms with Gasteiger partial charge in [-0.2, -0.15) is 0 Å². The summed E-state index contributed by atoms with van der Waals surface area (Å²) >= 11 is 1.52. The minimum absolute atomic E-state index is 0.196. The number of hydrazine groups is 1. The summed E-state index contributed by atoms with van der Waals surface area (Å²) in [7, 11) is 2.20. The van der Waals surface area contributed by atoms with Gasteiger partial charge in [0.1, 0.15) is 0 Å². The third kappa shape index (κ3) is 3.40. The van der Waals surface area contributed by atoms with Gasteiger partial charge in [0.2, 0.25) is 0 Å². The van der Waals surface area contributed by atoms with E-state index in [1.54, 1.807) is 0 Å². The van der Waals surface area contributed by atoms with Crippen LogP contribution in [0.25, 0.3) is 0 Å². The molecule has 20 heavy (non-hydrogen) atoms. The minimum atomic E-state index is -0.196. The minimum Gasteiger partial charge on any atom is -0.299 e. The molecule has 0 bridgehead atoms. The molecule has 1 aliphatic rings. The van der Waals surface area contributed by atoms with Crippen molar-refractivity contribution in [1.82, 2.24) is 10.3 Å². The first-order valence-corrected chi connectivity index (χ1v) is 8.15. The van der Waals surface area contributed by atoms with Crippen molar-refractivity contribution in [2.24, 2.45) is 11.8 Å². The summed E-state index contributed by atoms with van der Waals surface area (Å²) in [5.74, 6) is 5.76. The van der Waals surface area contributed by atoms with Crippen LogP contribution in [0.1, 0.15) is 52.7 Å². The van der Waals surface area contributed by atoms with E-state index in [1.807, 2.05) is 6.07 Å². The van der Waals surface area contributed by atoms with Gasteiger partial charge in [-0.15, -0.1) is 11.3 Å². The fourth-order valence-corrected chi connectivity index (χ4v) is 4.13. The van der Waals surface area contributed by atoms with E-state index in [1.165, 1.54) is 47.5 Å². The monoisotopic (exact) mass is 295 g/mol. The molecule has 1 saturated carbocycles. The predicted octanol–water partition coefficient (Wildman–Crippen LogP) is 2.67.